The van der Waals surface area contributed by atoms with E-state index in [-0.39, 0.29) is 17.2 Å². The minimum absolute atomic E-state index is 0.0138. The molecule has 7 nitrogen and oxygen atoms in total. The van der Waals surface area contributed by atoms with E-state index in [9.17, 15) is 13.5 Å². The summed E-state index contributed by atoms with van der Waals surface area (Å²) < 4.78 is 27.1. The highest BCUT2D eigenvalue weighted by atomic mass is 32.2. The lowest BCUT2D eigenvalue weighted by molar-refractivity contribution is 0.161. The van der Waals surface area contributed by atoms with Crippen molar-refractivity contribution in [3.05, 3.63) is 35.4 Å². The van der Waals surface area contributed by atoms with Gasteiger partial charge in [0.1, 0.15) is 5.76 Å². The molecule has 2 rings (SSSR count). The smallest absolute Gasteiger partial charge is 0.234 e. The Morgan fingerprint density at radius 1 is 1.26 bits per heavy atom. The van der Waals surface area contributed by atoms with Gasteiger partial charge >= 0.3 is 0 Å². The van der Waals surface area contributed by atoms with Gasteiger partial charge in [-0.3, -0.25) is 9.62 Å². The normalized spacial score (nSPS) is 21.0. The second-order valence-electron chi connectivity index (χ2n) is 5.89. The Balaban J connectivity index is 1.96. The van der Waals surface area contributed by atoms with E-state index in [0.29, 0.717) is 13.0 Å². The molecule has 2 aliphatic rings. The second kappa shape index (κ2) is 7.85. The second-order valence-corrected chi connectivity index (χ2v) is 7.73. The Morgan fingerprint density at radius 3 is 2.61 bits per heavy atom. The summed E-state index contributed by atoms with van der Waals surface area (Å²) in [4.78, 5) is 4.38. The van der Waals surface area contributed by atoms with Gasteiger partial charge in [-0.2, -0.15) is 0 Å². The summed E-state index contributed by atoms with van der Waals surface area (Å²) in [7, 11) is 0.327. The number of piperazine rings is 1. The van der Waals surface area contributed by atoms with Crippen molar-refractivity contribution in [1.29, 1.82) is 0 Å². The zero-order chi connectivity index (χ0) is 16.9. The fraction of sp³-hybridized carbons (Fsp3) is 0.600. The molecule has 3 N–H and O–H groups in total. The van der Waals surface area contributed by atoms with Gasteiger partial charge in [-0.05, 0) is 19.2 Å². The molecule has 1 saturated heterocycles. The van der Waals surface area contributed by atoms with Crippen LogP contribution in [0.15, 0.2) is 35.4 Å². The van der Waals surface area contributed by atoms with E-state index in [0.717, 1.165) is 31.9 Å². The number of allylic oxidation sites excluding steroid dienone is 3. The molecule has 1 aliphatic heterocycles. The number of likely N-dealkylation sites (N-methyl/N-ethyl adjacent to an activating group) is 1. The summed E-state index contributed by atoms with van der Waals surface area (Å²) in [5.74, 6) is -0.0571. The molecule has 0 spiro atoms. The quantitative estimate of drug-likeness (QED) is 0.629. The molecule has 0 amide bonds. The van der Waals surface area contributed by atoms with Crippen LogP contribution in [-0.2, 0) is 10.0 Å². The van der Waals surface area contributed by atoms with Gasteiger partial charge in [0.25, 0.3) is 0 Å². The standard InChI is InChI=1S/C15H26N4O3S/c1-16-13-4-3-5-15(20)14(12-13)17-23(21,22)11-10-19-8-6-18(2)7-9-19/h3,5,12,16-17,20H,4,6-11H2,1-2H3. The SMILES string of the molecule is CNC1=CC(NS(=O)(=O)CCN2CCN(C)CC2)=C(O)C=CC1. The van der Waals surface area contributed by atoms with E-state index in [1.807, 2.05) is 0 Å². The Morgan fingerprint density at radius 2 is 1.96 bits per heavy atom. The Kier molecular flexibility index (Phi) is 6.09. The lowest BCUT2D eigenvalue weighted by Gasteiger charge is -2.32. The maximum atomic E-state index is 12.3. The first kappa shape index (κ1) is 17.8. The Bertz CT molecular complexity index is 602. The van der Waals surface area contributed by atoms with Crippen molar-refractivity contribution in [2.24, 2.45) is 0 Å². The van der Waals surface area contributed by atoms with E-state index in [2.05, 4.69) is 26.9 Å². The predicted octanol–water partition coefficient (Wildman–Crippen LogP) is -0.0140. The average Bonchev–Trinajstić information content (AvgIpc) is 2.68. The van der Waals surface area contributed by atoms with Gasteiger partial charge in [-0.25, -0.2) is 8.42 Å². The Hall–Kier alpha value is -1.51. The zero-order valence-electron chi connectivity index (χ0n) is 13.7. The molecule has 23 heavy (non-hydrogen) atoms. The van der Waals surface area contributed by atoms with Gasteiger partial charge in [0, 0.05) is 51.9 Å². The van der Waals surface area contributed by atoms with Crippen LogP contribution in [0.1, 0.15) is 6.42 Å². The van der Waals surface area contributed by atoms with Crippen LogP contribution in [0.25, 0.3) is 0 Å². The first-order valence-corrected chi connectivity index (χ1v) is 9.44. The highest BCUT2D eigenvalue weighted by Crippen LogP contribution is 2.13. The molecule has 1 fully saturated rings. The van der Waals surface area contributed by atoms with Gasteiger partial charge in [0.15, 0.2) is 0 Å². The number of rotatable bonds is 6. The van der Waals surface area contributed by atoms with Crippen LogP contribution in [-0.4, -0.2) is 75.9 Å². The van der Waals surface area contributed by atoms with Crippen LogP contribution in [0.2, 0.25) is 0 Å². The summed E-state index contributed by atoms with van der Waals surface area (Å²) in [5, 5.41) is 12.9. The van der Waals surface area contributed by atoms with Crippen LogP contribution in [0.3, 0.4) is 0 Å². The fourth-order valence-corrected chi connectivity index (χ4v) is 3.59. The molecule has 1 aliphatic carbocycles. The molecular formula is C15H26N4O3S. The Labute approximate surface area is 138 Å². The van der Waals surface area contributed by atoms with E-state index in [1.165, 1.54) is 6.08 Å². The molecule has 0 radical (unpaired) electrons. The van der Waals surface area contributed by atoms with Crippen molar-refractivity contribution in [2.75, 3.05) is 52.6 Å². The van der Waals surface area contributed by atoms with Crippen LogP contribution in [0, 0.1) is 0 Å². The first-order chi connectivity index (χ1) is 10.9. The third-order valence-electron chi connectivity index (χ3n) is 4.07. The molecule has 0 atom stereocenters. The topological polar surface area (TPSA) is 84.9 Å². The van der Waals surface area contributed by atoms with Crippen LogP contribution in [0.4, 0.5) is 0 Å². The highest BCUT2D eigenvalue weighted by Gasteiger charge is 2.19. The third-order valence-corrected chi connectivity index (χ3v) is 5.32. The molecule has 0 bridgehead atoms. The van der Waals surface area contributed by atoms with Gasteiger partial charge < -0.3 is 15.3 Å². The number of nitrogens with one attached hydrogen (secondary N) is 2. The zero-order valence-corrected chi connectivity index (χ0v) is 14.6. The van der Waals surface area contributed by atoms with Crippen molar-refractivity contribution in [3.63, 3.8) is 0 Å². The lowest BCUT2D eigenvalue weighted by atomic mass is 10.3. The van der Waals surface area contributed by atoms with E-state index in [1.54, 1.807) is 19.2 Å². The van der Waals surface area contributed by atoms with Crippen molar-refractivity contribution in [1.82, 2.24) is 19.8 Å². The minimum atomic E-state index is -3.50. The van der Waals surface area contributed by atoms with Crippen LogP contribution < -0.4 is 10.0 Å². The van der Waals surface area contributed by atoms with Crippen molar-refractivity contribution >= 4 is 10.0 Å². The van der Waals surface area contributed by atoms with Crippen molar-refractivity contribution in [3.8, 4) is 0 Å². The molecule has 0 unspecified atom stereocenters. The minimum Gasteiger partial charge on any atom is -0.506 e. The first-order valence-electron chi connectivity index (χ1n) is 7.79. The number of nitrogens with zero attached hydrogens (tertiary/aromatic N) is 2. The summed E-state index contributed by atoms with van der Waals surface area (Å²) in [6.45, 7) is 4.17. The maximum absolute atomic E-state index is 12.3. The highest BCUT2D eigenvalue weighted by molar-refractivity contribution is 7.89. The molecule has 0 aromatic carbocycles. The lowest BCUT2D eigenvalue weighted by Crippen LogP contribution is -2.46. The molecule has 0 aromatic heterocycles. The van der Waals surface area contributed by atoms with Gasteiger partial charge in [-0.15, -0.1) is 0 Å². The van der Waals surface area contributed by atoms with Crippen molar-refractivity contribution in [2.45, 2.75) is 6.42 Å². The number of aliphatic hydroxyl groups is 1. The molecule has 8 heteroatoms. The van der Waals surface area contributed by atoms with E-state index >= 15 is 0 Å². The fourth-order valence-electron chi connectivity index (χ4n) is 2.49. The number of hydrogen-bond donors (Lipinski definition) is 3. The van der Waals surface area contributed by atoms with Gasteiger partial charge in [0.05, 0.1) is 11.4 Å². The van der Waals surface area contributed by atoms with Gasteiger partial charge in [-0.1, -0.05) is 6.08 Å². The summed E-state index contributed by atoms with van der Waals surface area (Å²) in [6.07, 6.45) is 5.54. The predicted molar refractivity (Wildman–Crippen MR) is 91.4 cm³/mol. The number of hydrogen-bond acceptors (Lipinski definition) is 6. The number of aliphatic hydroxyl groups excluding tert-OH is 1. The molecule has 0 aromatic rings. The van der Waals surface area contributed by atoms with Crippen LogP contribution >= 0.6 is 0 Å². The summed E-state index contributed by atoms with van der Waals surface area (Å²) in [5.41, 5.74) is 1.04. The summed E-state index contributed by atoms with van der Waals surface area (Å²) >= 11 is 0. The largest absolute Gasteiger partial charge is 0.506 e. The molecular weight excluding hydrogens is 316 g/mol. The van der Waals surface area contributed by atoms with Crippen LogP contribution in [0.5, 0.6) is 0 Å². The molecule has 0 saturated carbocycles. The summed E-state index contributed by atoms with van der Waals surface area (Å²) in [6, 6.07) is 0. The van der Waals surface area contributed by atoms with E-state index in [4.69, 9.17) is 0 Å². The monoisotopic (exact) mass is 342 g/mol. The molecule has 130 valence electrons. The van der Waals surface area contributed by atoms with E-state index < -0.39 is 10.0 Å². The molecule has 1 heterocycles. The van der Waals surface area contributed by atoms with Gasteiger partial charge in [0.2, 0.25) is 10.0 Å². The maximum Gasteiger partial charge on any atom is 0.234 e. The van der Waals surface area contributed by atoms with Crippen molar-refractivity contribution < 1.29 is 13.5 Å². The average molecular weight is 342 g/mol. The third kappa shape index (κ3) is 5.56. The number of sulfonamides is 1.